The highest BCUT2D eigenvalue weighted by molar-refractivity contribution is 7.85. The fourth-order valence-corrected chi connectivity index (χ4v) is 4.09. The molecule has 0 spiro atoms. The summed E-state index contributed by atoms with van der Waals surface area (Å²) >= 11 is 0. The molecule has 0 aromatic heterocycles. The molecule has 1 atom stereocenters. The van der Waals surface area contributed by atoms with Gasteiger partial charge in [0.15, 0.2) is 0 Å². The average molecular weight is 362 g/mol. The van der Waals surface area contributed by atoms with E-state index in [9.17, 15) is 17.8 Å². The Labute approximate surface area is 144 Å². The summed E-state index contributed by atoms with van der Waals surface area (Å²) in [4.78, 5) is 14.0. The zero-order valence-corrected chi connectivity index (χ0v) is 15.0. The second-order valence-corrected chi connectivity index (χ2v) is 8.24. The van der Waals surface area contributed by atoms with Gasteiger partial charge in [0.2, 0.25) is 0 Å². The summed E-state index contributed by atoms with van der Waals surface area (Å²) in [5.41, 5.74) is 0. The number of carbonyl (C=O) groups is 1. The summed E-state index contributed by atoms with van der Waals surface area (Å²) < 4.78 is 43.8. The third kappa shape index (κ3) is 7.92. The van der Waals surface area contributed by atoms with Crippen LogP contribution in [0.5, 0.6) is 0 Å². The Morgan fingerprint density at radius 1 is 1.21 bits per heavy atom. The van der Waals surface area contributed by atoms with Crippen LogP contribution >= 0.6 is 0 Å². The molecular weight excluding hydrogens is 334 g/mol. The number of morpholine rings is 1. The summed E-state index contributed by atoms with van der Waals surface area (Å²) in [5.74, 6) is -0.505. The van der Waals surface area contributed by atoms with Gasteiger partial charge in [-0.3, -0.25) is 9.69 Å². The fourth-order valence-electron chi connectivity index (χ4n) is 3.47. The summed E-state index contributed by atoms with van der Waals surface area (Å²) in [5, 5.41) is 0. The van der Waals surface area contributed by atoms with Crippen LogP contribution in [0.25, 0.3) is 0 Å². The molecule has 0 bridgehead atoms. The van der Waals surface area contributed by atoms with Crippen molar-refractivity contribution < 1.29 is 27.2 Å². The van der Waals surface area contributed by atoms with Gasteiger partial charge < -0.3 is 14.0 Å². The summed E-state index contributed by atoms with van der Waals surface area (Å²) in [7, 11) is -4.44. The predicted octanol–water partition coefficient (Wildman–Crippen LogP) is 1.14. The maximum atomic E-state index is 12.1. The highest BCUT2D eigenvalue weighted by Crippen LogP contribution is 2.27. The van der Waals surface area contributed by atoms with Gasteiger partial charge >= 0.3 is 5.97 Å². The van der Waals surface area contributed by atoms with Crippen LogP contribution < -0.4 is 0 Å². The van der Waals surface area contributed by atoms with Crippen molar-refractivity contribution in [3.63, 3.8) is 0 Å². The van der Waals surface area contributed by atoms with Gasteiger partial charge in [0.25, 0.3) is 0 Å². The van der Waals surface area contributed by atoms with E-state index in [0.717, 1.165) is 19.3 Å². The van der Waals surface area contributed by atoms with Crippen molar-refractivity contribution >= 4 is 16.1 Å². The highest BCUT2D eigenvalue weighted by atomic mass is 32.2. The van der Waals surface area contributed by atoms with Gasteiger partial charge in [0, 0.05) is 26.1 Å². The van der Waals surface area contributed by atoms with Gasteiger partial charge in [-0.05, 0) is 12.3 Å². The lowest BCUT2D eigenvalue weighted by molar-refractivity contribution is -0.149. The number of nitrogens with zero attached hydrogens (tertiary/aromatic N) is 1. The minimum Gasteiger partial charge on any atom is -0.748 e. The molecule has 7 nitrogen and oxygen atoms in total. The number of hydrogen-bond donors (Lipinski definition) is 0. The highest BCUT2D eigenvalue weighted by Gasteiger charge is 2.23. The monoisotopic (exact) mass is 362 g/mol. The van der Waals surface area contributed by atoms with Crippen molar-refractivity contribution in [2.75, 3.05) is 38.6 Å². The normalized spacial score (nSPS) is 22.2. The van der Waals surface area contributed by atoms with Gasteiger partial charge in [0.1, 0.15) is 6.10 Å². The maximum absolute atomic E-state index is 12.1. The van der Waals surface area contributed by atoms with Crippen molar-refractivity contribution in [2.45, 2.75) is 51.0 Å². The second kappa shape index (κ2) is 9.70. The van der Waals surface area contributed by atoms with Crippen LogP contribution in [-0.2, 0) is 24.4 Å². The van der Waals surface area contributed by atoms with Crippen molar-refractivity contribution in [3.05, 3.63) is 0 Å². The van der Waals surface area contributed by atoms with Crippen molar-refractivity contribution in [1.82, 2.24) is 4.90 Å². The second-order valence-electron chi connectivity index (χ2n) is 6.79. The lowest BCUT2D eigenvalue weighted by Gasteiger charge is -2.30. The van der Waals surface area contributed by atoms with E-state index >= 15 is 0 Å². The molecule has 24 heavy (non-hydrogen) atoms. The van der Waals surface area contributed by atoms with E-state index < -0.39 is 27.9 Å². The van der Waals surface area contributed by atoms with E-state index in [4.69, 9.17) is 9.47 Å². The zero-order chi connectivity index (χ0) is 17.4. The average Bonchev–Trinajstić information content (AvgIpc) is 2.53. The van der Waals surface area contributed by atoms with Crippen LogP contribution in [0.1, 0.15) is 44.9 Å². The van der Waals surface area contributed by atoms with Gasteiger partial charge in [0.05, 0.1) is 29.1 Å². The number of carbonyl (C=O) groups excluding carboxylic acids is 1. The minimum atomic E-state index is -4.44. The Balaban J connectivity index is 1.80. The maximum Gasteiger partial charge on any atom is 0.306 e. The minimum absolute atomic E-state index is 0.264. The number of esters is 1. The third-order valence-corrected chi connectivity index (χ3v) is 5.52. The predicted molar refractivity (Wildman–Crippen MR) is 87.5 cm³/mol. The van der Waals surface area contributed by atoms with Crippen LogP contribution in [0.15, 0.2) is 0 Å². The van der Waals surface area contributed by atoms with E-state index in [1.54, 1.807) is 0 Å². The summed E-state index contributed by atoms with van der Waals surface area (Å²) in [6.45, 7) is 2.68. The van der Waals surface area contributed by atoms with E-state index in [-0.39, 0.29) is 6.54 Å². The Morgan fingerprint density at radius 2 is 1.88 bits per heavy atom. The van der Waals surface area contributed by atoms with Crippen LogP contribution in [0.3, 0.4) is 0 Å². The number of rotatable bonds is 8. The van der Waals surface area contributed by atoms with Crippen molar-refractivity contribution in [1.29, 1.82) is 0 Å². The molecule has 0 N–H and O–H groups in total. The van der Waals surface area contributed by atoms with E-state index in [0.29, 0.717) is 38.6 Å². The Hall–Kier alpha value is -0.700. The molecular formula is C16H28NO6S-. The third-order valence-electron chi connectivity index (χ3n) is 4.74. The van der Waals surface area contributed by atoms with E-state index in [1.165, 1.54) is 19.3 Å². The molecule has 0 aromatic rings. The Kier molecular flexibility index (Phi) is 7.93. The molecule has 1 aliphatic carbocycles. The molecule has 0 aromatic carbocycles. The van der Waals surface area contributed by atoms with Crippen molar-refractivity contribution in [2.24, 2.45) is 5.92 Å². The zero-order valence-electron chi connectivity index (χ0n) is 14.2. The fraction of sp³-hybridized carbons (Fsp3) is 0.938. The summed E-state index contributed by atoms with van der Waals surface area (Å²) in [6, 6.07) is 0. The molecule has 2 fully saturated rings. The van der Waals surface area contributed by atoms with Crippen LogP contribution in [0.4, 0.5) is 0 Å². The smallest absolute Gasteiger partial charge is 0.306 e. The first kappa shape index (κ1) is 19.6. The van der Waals surface area contributed by atoms with Crippen LogP contribution in [-0.4, -0.2) is 68.5 Å². The molecule has 1 unspecified atom stereocenters. The molecule has 2 rings (SSSR count). The Bertz CT molecular complexity index is 483. The standard InChI is InChI=1S/C16H29NO6S/c18-16(7-6-14-4-2-1-3-5-14)23-15(13-24(19,20)21)12-17-8-10-22-11-9-17/h14-15H,1-13H2,(H,19,20,21)/p-1. The van der Waals surface area contributed by atoms with Gasteiger partial charge in [-0.1, -0.05) is 32.1 Å². The SMILES string of the molecule is O=C(CCC1CCCCC1)OC(CN1CCOCC1)CS(=O)(=O)[O-]. The molecule has 0 amide bonds. The number of ether oxygens (including phenoxy) is 2. The number of hydrogen-bond acceptors (Lipinski definition) is 7. The largest absolute Gasteiger partial charge is 0.748 e. The van der Waals surface area contributed by atoms with Gasteiger partial charge in [-0.25, -0.2) is 8.42 Å². The first-order valence-electron chi connectivity index (χ1n) is 8.85. The molecule has 1 aliphatic heterocycles. The molecule has 1 saturated carbocycles. The van der Waals surface area contributed by atoms with E-state index in [2.05, 4.69) is 0 Å². The van der Waals surface area contributed by atoms with Gasteiger partial charge in [-0.2, -0.15) is 0 Å². The lowest BCUT2D eigenvalue weighted by Crippen LogP contribution is -2.44. The van der Waals surface area contributed by atoms with E-state index in [1.807, 2.05) is 4.90 Å². The topological polar surface area (TPSA) is 96.0 Å². The molecule has 8 heteroatoms. The first-order chi connectivity index (χ1) is 11.4. The summed E-state index contributed by atoms with van der Waals surface area (Å²) in [6.07, 6.45) is 6.19. The molecule has 1 saturated heterocycles. The quantitative estimate of drug-likeness (QED) is 0.472. The first-order valence-corrected chi connectivity index (χ1v) is 10.4. The molecule has 140 valence electrons. The van der Waals surface area contributed by atoms with Crippen molar-refractivity contribution in [3.8, 4) is 0 Å². The van der Waals surface area contributed by atoms with Crippen LogP contribution in [0.2, 0.25) is 0 Å². The van der Waals surface area contributed by atoms with Gasteiger partial charge in [-0.15, -0.1) is 0 Å². The van der Waals surface area contributed by atoms with Crippen LogP contribution in [0, 0.1) is 5.92 Å². The molecule has 2 aliphatic rings. The Morgan fingerprint density at radius 3 is 2.50 bits per heavy atom. The molecule has 1 heterocycles. The lowest BCUT2D eigenvalue weighted by atomic mass is 9.86. The molecule has 0 radical (unpaired) electrons.